The first-order chi connectivity index (χ1) is 12.2. The van der Waals surface area contributed by atoms with Crippen LogP contribution in [0.1, 0.15) is 25.5 Å². The summed E-state index contributed by atoms with van der Waals surface area (Å²) in [6.07, 6.45) is -0.361. The lowest BCUT2D eigenvalue weighted by atomic mass is 10.1. The molecule has 2 rings (SSSR count). The van der Waals surface area contributed by atoms with E-state index in [1.54, 1.807) is 0 Å². The van der Waals surface area contributed by atoms with E-state index in [-0.39, 0.29) is 12.1 Å². The lowest BCUT2D eigenvalue weighted by molar-refractivity contribution is -0.145. The number of carbonyl (C=O) groups is 1. The van der Waals surface area contributed by atoms with E-state index in [4.69, 9.17) is 28.4 Å². The van der Waals surface area contributed by atoms with Gasteiger partial charge in [-0.3, -0.25) is 4.79 Å². The number of hydrogen-bond donors (Lipinski definition) is 0. The molecule has 0 spiro atoms. The first-order valence-corrected chi connectivity index (χ1v) is 8.47. The lowest BCUT2D eigenvalue weighted by Crippen LogP contribution is -2.13. The van der Waals surface area contributed by atoms with E-state index in [0.717, 1.165) is 5.56 Å². The number of fused-ring (bicyclic) bond motifs is 1. The van der Waals surface area contributed by atoms with Gasteiger partial charge in [0.05, 0.1) is 39.6 Å². The van der Waals surface area contributed by atoms with Crippen molar-refractivity contribution in [2.45, 2.75) is 20.0 Å². The van der Waals surface area contributed by atoms with Crippen LogP contribution in [-0.4, -0.2) is 58.8 Å². The smallest absolute Gasteiger partial charge is 0.303 e. The third kappa shape index (κ3) is 7.29. The van der Waals surface area contributed by atoms with Gasteiger partial charge in [-0.05, 0) is 24.6 Å². The standard InChI is InChI=1S/C18H26O7/c1-14(25-15(2)19)16-3-4-17-18(13-16)24-12-10-22-8-6-20-5-7-21-9-11-23-17/h3-4,13-14H,5-12H2,1-2H3/t14-/m1/s1. The van der Waals surface area contributed by atoms with E-state index < -0.39 is 0 Å². The van der Waals surface area contributed by atoms with Crippen LogP contribution < -0.4 is 9.47 Å². The largest absolute Gasteiger partial charge is 0.487 e. The fraction of sp³-hybridized carbons (Fsp3) is 0.611. The van der Waals surface area contributed by atoms with Crippen molar-refractivity contribution < 1.29 is 33.2 Å². The van der Waals surface area contributed by atoms with Crippen LogP contribution in [0, 0.1) is 0 Å². The SMILES string of the molecule is CC(=O)O[C@H](C)c1ccc2c(c1)OCCOCCOCCOCCO2. The highest BCUT2D eigenvalue weighted by atomic mass is 16.6. The van der Waals surface area contributed by atoms with Gasteiger partial charge in [-0.25, -0.2) is 0 Å². The molecule has 25 heavy (non-hydrogen) atoms. The molecule has 7 nitrogen and oxygen atoms in total. The minimum absolute atomic E-state index is 0.325. The zero-order chi connectivity index (χ0) is 17.9. The molecule has 0 aliphatic carbocycles. The maximum Gasteiger partial charge on any atom is 0.303 e. The van der Waals surface area contributed by atoms with Crippen LogP contribution in [0.25, 0.3) is 0 Å². The van der Waals surface area contributed by atoms with Crippen molar-refractivity contribution in [3.63, 3.8) is 0 Å². The van der Waals surface area contributed by atoms with Gasteiger partial charge < -0.3 is 28.4 Å². The Bertz CT molecular complexity index is 532. The molecule has 0 radical (unpaired) electrons. The van der Waals surface area contributed by atoms with Gasteiger partial charge in [0.1, 0.15) is 19.3 Å². The predicted molar refractivity (Wildman–Crippen MR) is 90.1 cm³/mol. The molecule has 0 N–H and O–H groups in total. The molecule has 0 amide bonds. The van der Waals surface area contributed by atoms with Crippen LogP contribution in [-0.2, 0) is 23.7 Å². The fourth-order valence-electron chi connectivity index (χ4n) is 2.29. The summed E-state index contributed by atoms with van der Waals surface area (Å²) in [7, 11) is 0. The molecule has 1 aromatic carbocycles. The van der Waals surface area contributed by atoms with Crippen LogP contribution >= 0.6 is 0 Å². The van der Waals surface area contributed by atoms with Gasteiger partial charge in [0.25, 0.3) is 0 Å². The Kier molecular flexibility index (Phi) is 8.51. The molecule has 0 fully saturated rings. The monoisotopic (exact) mass is 354 g/mol. The van der Waals surface area contributed by atoms with Crippen molar-refractivity contribution >= 4 is 5.97 Å². The predicted octanol–water partition coefficient (Wildman–Crippen LogP) is 2.13. The summed E-state index contributed by atoms with van der Waals surface area (Å²) in [6, 6.07) is 5.49. The normalized spacial score (nSPS) is 18.5. The van der Waals surface area contributed by atoms with Crippen molar-refractivity contribution in [3.05, 3.63) is 23.8 Å². The third-order valence-electron chi connectivity index (χ3n) is 3.49. The van der Waals surface area contributed by atoms with E-state index in [9.17, 15) is 4.79 Å². The molecule has 7 heteroatoms. The minimum Gasteiger partial charge on any atom is -0.487 e. The first-order valence-electron chi connectivity index (χ1n) is 8.47. The van der Waals surface area contributed by atoms with E-state index in [2.05, 4.69) is 0 Å². The van der Waals surface area contributed by atoms with Gasteiger partial charge in [-0.15, -0.1) is 0 Å². The second kappa shape index (κ2) is 10.9. The number of benzene rings is 1. The second-order valence-corrected chi connectivity index (χ2v) is 5.49. The number of ether oxygens (including phenoxy) is 6. The van der Waals surface area contributed by atoms with Gasteiger partial charge in [0.2, 0.25) is 0 Å². The van der Waals surface area contributed by atoms with Crippen LogP contribution in [0.2, 0.25) is 0 Å². The molecular weight excluding hydrogens is 328 g/mol. The molecule has 1 atom stereocenters. The highest BCUT2D eigenvalue weighted by Gasteiger charge is 2.13. The maximum absolute atomic E-state index is 11.1. The van der Waals surface area contributed by atoms with Crippen molar-refractivity contribution in [3.8, 4) is 11.5 Å². The summed E-state index contributed by atoms with van der Waals surface area (Å²) < 4.78 is 33.0. The van der Waals surface area contributed by atoms with Crippen LogP contribution in [0.3, 0.4) is 0 Å². The van der Waals surface area contributed by atoms with E-state index in [1.165, 1.54) is 6.92 Å². The lowest BCUT2D eigenvalue weighted by Gasteiger charge is -2.17. The number of carbonyl (C=O) groups excluding carboxylic acids is 1. The van der Waals surface area contributed by atoms with Crippen molar-refractivity contribution in [2.75, 3.05) is 52.9 Å². The summed E-state index contributed by atoms with van der Waals surface area (Å²) in [5, 5.41) is 0. The Morgan fingerprint density at radius 1 is 0.880 bits per heavy atom. The average Bonchev–Trinajstić information content (AvgIpc) is 2.59. The molecule has 140 valence electrons. The molecule has 0 saturated carbocycles. The summed E-state index contributed by atoms with van der Waals surface area (Å²) in [4.78, 5) is 11.1. The fourth-order valence-corrected chi connectivity index (χ4v) is 2.29. The number of esters is 1. The quantitative estimate of drug-likeness (QED) is 0.753. The summed E-state index contributed by atoms with van der Waals surface area (Å²) >= 11 is 0. The molecule has 0 aromatic heterocycles. The zero-order valence-corrected chi connectivity index (χ0v) is 14.8. The zero-order valence-electron chi connectivity index (χ0n) is 14.8. The molecular formula is C18H26O7. The molecule has 1 aromatic rings. The minimum atomic E-state index is -0.361. The van der Waals surface area contributed by atoms with E-state index >= 15 is 0 Å². The second-order valence-electron chi connectivity index (χ2n) is 5.49. The molecule has 1 aliphatic rings. The Balaban J connectivity index is 2.05. The highest BCUT2D eigenvalue weighted by Crippen LogP contribution is 2.31. The molecule has 1 heterocycles. The van der Waals surface area contributed by atoms with Gasteiger partial charge in [0, 0.05) is 6.92 Å². The molecule has 0 unspecified atom stereocenters. The van der Waals surface area contributed by atoms with Crippen LogP contribution in [0.5, 0.6) is 11.5 Å². The van der Waals surface area contributed by atoms with Gasteiger partial charge in [-0.1, -0.05) is 6.07 Å². The van der Waals surface area contributed by atoms with Crippen molar-refractivity contribution in [1.29, 1.82) is 0 Å². The Morgan fingerprint density at radius 3 is 1.96 bits per heavy atom. The molecule has 0 saturated heterocycles. The number of rotatable bonds is 2. The Morgan fingerprint density at radius 2 is 1.40 bits per heavy atom. The first kappa shape index (κ1) is 19.5. The Hall–Kier alpha value is -1.83. The van der Waals surface area contributed by atoms with Crippen molar-refractivity contribution in [2.24, 2.45) is 0 Å². The highest BCUT2D eigenvalue weighted by molar-refractivity contribution is 5.66. The molecule has 0 bridgehead atoms. The maximum atomic E-state index is 11.1. The topological polar surface area (TPSA) is 72.5 Å². The number of hydrogen-bond acceptors (Lipinski definition) is 7. The van der Waals surface area contributed by atoms with Crippen LogP contribution in [0.4, 0.5) is 0 Å². The Labute approximate surface area is 148 Å². The van der Waals surface area contributed by atoms with Gasteiger partial charge >= 0.3 is 5.97 Å². The van der Waals surface area contributed by atoms with E-state index in [0.29, 0.717) is 64.4 Å². The molecule has 1 aliphatic heterocycles. The summed E-state index contributed by atoms with van der Waals surface area (Å²) in [5.74, 6) is 0.883. The van der Waals surface area contributed by atoms with Gasteiger partial charge in [0.15, 0.2) is 11.5 Å². The average molecular weight is 354 g/mol. The third-order valence-corrected chi connectivity index (χ3v) is 3.49. The van der Waals surface area contributed by atoms with Crippen LogP contribution in [0.15, 0.2) is 18.2 Å². The van der Waals surface area contributed by atoms with Gasteiger partial charge in [-0.2, -0.15) is 0 Å². The van der Waals surface area contributed by atoms with E-state index in [1.807, 2.05) is 25.1 Å². The summed E-state index contributed by atoms with van der Waals surface area (Å²) in [5.41, 5.74) is 0.834. The van der Waals surface area contributed by atoms with Crippen molar-refractivity contribution in [1.82, 2.24) is 0 Å². The summed E-state index contributed by atoms with van der Waals surface area (Å²) in [6.45, 7) is 7.00.